The topological polar surface area (TPSA) is 80.9 Å². The van der Waals surface area contributed by atoms with Gasteiger partial charge in [-0.05, 0) is 37.5 Å². The van der Waals surface area contributed by atoms with Crippen LogP contribution in [0.25, 0.3) is 0 Å². The Morgan fingerprint density at radius 2 is 1.17 bits per heavy atom. The molecule has 0 heterocycles. The van der Waals surface area contributed by atoms with Crippen LogP contribution in [0.4, 0.5) is 0 Å². The van der Waals surface area contributed by atoms with Gasteiger partial charge in [0.15, 0.2) is 0 Å². The predicted molar refractivity (Wildman–Crippen MR) is 99.8 cm³/mol. The fraction of sp³-hybridized carbons (Fsp3) is 1.00. The Balaban J connectivity index is 3.88. The summed E-state index contributed by atoms with van der Waals surface area (Å²) in [6.07, 6.45) is 6.47. The summed E-state index contributed by atoms with van der Waals surface area (Å²) < 4.78 is 0. The van der Waals surface area contributed by atoms with Crippen LogP contribution in [-0.2, 0) is 0 Å². The van der Waals surface area contributed by atoms with Crippen molar-refractivity contribution < 1.29 is 20.4 Å². The van der Waals surface area contributed by atoms with Gasteiger partial charge in [-0.15, -0.1) is 0 Å². The van der Waals surface area contributed by atoms with Gasteiger partial charge in [0.1, 0.15) is 11.7 Å². The van der Waals surface area contributed by atoms with Crippen molar-refractivity contribution in [1.29, 1.82) is 0 Å². The molecule has 4 nitrogen and oxygen atoms in total. The monoisotopic (exact) mass is 346 g/mol. The van der Waals surface area contributed by atoms with Gasteiger partial charge < -0.3 is 20.4 Å². The molecule has 5 atom stereocenters. The highest BCUT2D eigenvalue weighted by atomic mass is 16.4. The van der Waals surface area contributed by atoms with Crippen LogP contribution in [0.2, 0.25) is 0 Å². The highest BCUT2D eigenvalue weighted by Crippen LogP contribution is 2.24. The van der Waals surface area contributed by atoms with Crippen LogP contribution in [0, 0.1) is 17.8 Å². The minimum absolute atomic E-state index is 0.440. The molecule has 0 spiro atoms. The van der Waals surface area contributed by atoms with Crippen molar-refractivity contribution in [2.75, 3.05) is 6.61 Å². The summed E-state index contributed by atoms with van der Waals surface area (Å²) in [5.41, 5.74) is -1.65. The molecule has 0 saturated carbocycles. The van der Waals surface area contributed by atoms with Gasteiger partial charge in [-0.1, -0.05) is 66.2 Å². The second-order valence-corrected chi connectivity index (χ2v) is 8.48. The average molecular weight is 347 g/mol. The number of aliphatic hydroxyl groups is 4. The minimum atomic E-state index is -1.65. The fourth-order valence-corrected chi connectivity index (χ4v) is 3.12. The van der Waals surface area contributed by atoms with Gasteiger partial charge in [0.25, 0.3) is 0 Å². The van der Waals surface area contributed by atoms with Crippen molar-refractivity contribution in [3.63, 3.8) is 0 Å². The quantitative estimate of drug-likeness (QED) is 0.388. The summed E-state index contributed by atoms with van der Waals surface area (Å²) in [7, 11) is 0. The van der Waals surface area contributed by atoms with Gasteiger partial charge >= 0.3 is 0 Å². The fourth-order valence-electron chi connectivity index (χ4n) is 3.12. The number of hydrogen-bond donors (Lipinski definition) is 4. The second-order valence-electron chi connectivity index (χ2n) is 8.48. The van der Waals surface area contributed by atoms with Gasteiger partial charge in [-0.25, -0.2) is 0 Å². The van der Waals surface area contributed by atoms with E-state index in [-0.39, 0.29) is 0 Å². The minimum Gasteiger partial charge on any atom is -0.394 e. The van der Waals surface area contributed by atoms with Crippen molar-refractivity contribution >= 4 is 0 Å². The van der Waals surface area contributed by atoms with Gasteiger partial charge in [-0.3, -0.25) is 0 Å². The standard InChI is InChI=1S/C20H42O4/c1-15(2)8-6-9-16(3)10-7-11-17(4)12-13-18(22)20(5,24)19(23)14-21/h15-19,21-24H,6-14H2,1-5H3. The van der Waals surface area contributed by atoms with Gasteiger partial charge in [0.05, 0.1) is 12.7 Å². The zero-order valence-corrected chi connectivity index (χ0v) is 16.5. The van der Waals surface area contributed by atoms with Crippen LogP contribution in [0.5, 0.6) is 0 Å². The Labute approximate surface area is 149 Å². The molecule has 0 aliphatic rings. The third-order valence-electron chi connectivity index (χ3n) is 5.33. The van der Waals surface area contributed by atoms with Crippen molar-refractivity contribution in [1.82, 2.24) is 0 Å². The lowest BCUT2D eigenvalue weighted by Gasteiger charge is -2.33. The Morgan fingerprint density at radius 3 is 1.62 bits per heavy atom. The number of rotatable bonds is 14. The summed E-state index contributed by atoms with van der Waals surface area (Å²) in [5, 5.41) is 38.6. The van der Waals surface area contributed by atoms with Crippen LogP contribution in [-0.4, -0.2) is 44.8 Å². The average Bonchev–Trinajstić information content (AvgIpc) is 2.51. The van der Waals surface area contributed by atoms with E-state index in [4.69, 9.17) is 5.11 Å². The second kappa shape index (κ2) is 12.2. The molecule has 0 aliphatic carbocycles. The molecule has 24 heavy (non-hydrogen) atoms. The maximum Gasteiger partial charge on any atom is 0.116 e. The molecule has 0 aromatic carbocycles. The Hall–Kier alpha value is -0.160. The molecule has 0 aliphatic heterocycles. The summed E-state index contributed by atoms with van der Waals surface area (Å²) in [5.74, 6) is 2.07. The van der Waals surface area contributed by atoms with E-state index in [1.807, 2.05) is 0 Å². The van der Waals surface area contributed by atoms with Crippen molar-refractivity contribution in [2.45, 2.75) is 104 Å². The molecule has 0 fully saturated rings. The molecule has 146 valence electrons. The molecule has 0 amide bonds. The van der Waals surface area contributed by atoms with E-state index in [9.17, 15) is 15.3 Å². The molecule has 0 radical (unpaired) electrons. The zero-order chi connectivity index (χ0) is 18.8. The Morgan fingerprint density at radius 1 is 0.708 bits per heavy atom. The van der Waals surface area contributed by atoms with Gasteiger partial charge in [0.2, 0.25) is 0 Å². The van der Waals surface area contributed by atoms with Crippen LogP contribution in [0.1, 0.15) is 86.0 Å². The number of aliphatic hydroxyl groups excluding tert-OH is 3. The largest absolute Gasteiger partial charge is 0.394 e. The van der Waals surface area contributed by atoms with E-state index in [2.05, 4.69) is 27.7 Å². The molecular weight excluding hydrogens is 304 g/mol. The maximum atomic E-state index is 10.1. The van der Waals surface area contributed by atoms with Crippen molar-refractivity contribution in [3.05, 3.63) is 0 Å². The maximum absolute atomic E-state index is 10.1. The summed E-state index contributed by atoms with van der Waals surface area (Å²) >= 11 is 0. The molecule has 5 unspecified atom stereocenters. The molecule has 4 heteroatoms. The number of hydrogen-bond acceptors (Lipinski definition) is 4. The third-order valence-corrected chi connectivity index (χ3v) is 5.33. The lowest BCUT2D eigenvalue weighted by molar-refractivity contribution is -0.148. The first-order valence-corrected chi connectivity index (χ1v) is 9.80. The molecule has 0 aromatic rings. The Kier molecular flexibility index (Phi) is 12.2. The highest BCUT2D eigenvalue weighted by Gasteiger charge is 2.37. The van der Waals surface area contributed by atoms with E-state index in [0.29, 0.717) is 12.3 Å². The predicted octanol–water partition coefficient (Wildman–Crippen LogP) is 3.50. The summed E-state index contributed by atoms with van der Waals surface area (Å²) in [6, 6.07) is 0. The van der Waals surface area contributed by atoms with Gasteiger partial charge in [-0.2, -0.15) is 0 Å². The molecule has 0 aromatic heterocycles. The van der Waals surface area contributed by atoms with Crippen LogP contribution in [0.15, 0.2) is 0 Å². The van der Waals surface area contributed by atoms with E-state index in [1.165, 1.54) is 39.0 Å². The molecular formula is C20H42O4. The summed E-state index contributed by atoms with van der Waals surface area (Å²) in [6.45, 7) is 9.89. The first-order valence-electron chi connectivity index (χ1n) is 9.80. The molecule has 0 saturated heterocycles. The van der Waals surface area contributed by atoms with E-state index in [1.54, 1.807) is 0 Å². The van der Waals surface area contributed by atoms with Gasteiger partial charge in [0, 0.05) is 0 Å². The smallest absolute Gasteiger partial charge is 0.116 e. The summed E-state index contributed by atoms with van der Waals surface area (Å²) in [4.78, 5) is 0. The van der Waals surface area contributed by atoms with E-state index < -0.39 is 24.4 Å². The lowest BCUT2D eigenvalue weighted by atomic mass is 9.86. The normalized spacial score (nSPS) is 19.8. The van der Waals surface area contributed by atoms with Crippen molar-refractivity contribution in [3.8, 4) is 0 Å². The third kappa shape index (κ3) is 9.97. The van der Waals surface area contributed by atoms with Crippen LogP contribution in [0.3, 0.4) is 0 Å². The molecule has 0 bridgehead atoms. The van der Waals surface area contributed by atoms with Crippen LogP contribution >= 0.6 is 0 Å². The first-order chi connectivity index (χ1) is 11.1. The van der Waals surface area contributed by atoms with E-state index in [0.717, 1.165) is 24.7 Å². The van der Waals surface area contributed by atoms with E-state index >= 15 is 0 Å². The Bertz CT molecular complexity index is 304. The highest BCUT2D eigenvalue weighted by molar-refractivity contribution is 4.88. The van der Waals surface area contributed by atoms with Crippen LogP contribution < -0.4 is 0 Å². The molecule has 4 N–H and O–H groups in total. The molecule has 0 rings (SSSR count). The van der Waals surface area contributed by atoms with Crippen molar-refractivity contribution in [2.24, 2.45) is 17.8 Å². The first kappa shape index (κ1) is 23.8. The zero-order valence-electron chi connectivity index (χ0n) is 16.5. The lowest BCUT2D eigenvalue weighted by Crippen LogP contribution is -2.51. The SMILES string of the molecule is CC(C)CCCC(C)CCCC(C)CCC(O)C(C)(O)C(O)CO.